The summed E-state index contributed by atoms with van der Waals surface area (Å²) in [5.41, 5.74) is 0.551. The number of carbonyl (C=O) groups is 1. The molecule has 2 N–H and O–H groups in total. The van der Waals surface area contributed by atoms with E-state index in [1.807, 2.05) is 0 Å². The van der Waals surface area contributed by atoms with E-state index in [0.717, 1.165) is 5.82 Å². The molecule has 0 fully saturated rings. The van der Waals surface area contributed by atoms with Crippen LogP contribution >= 0.6 is 0 Å². The number of nitrogens with zero attached hydrogens (tertiary/aromatic N) is 3. The molecule has 1 aliphatic heterocycles. The lowest BCUT2D eigenvalue weighted by molar-refractivity contribution is -0.126. The molecule has 0 spiro atoms. The van der Waals surface area contributed by atoms with Gasteiger partial charge in [-0.25, -0.2) is 9.37 Å². The summed E-state index contributed by atoms with van der Waals surface area (Å²) in [6, 6.07) is 5.28. The van der Waals surface area contributed by atoms with E-state index < -0.39 is 11.9 Å². The van der Waals surface area contributed by atoms with Crippen LogP contribution in [0.15, 0.2) is 30.6 Å². The number of fused-ring (bicyclic) bond motifs is 1. The lowest BCUT2D eigenvalue weighted by atomic mass is 9.96. The predicted molar refractivity (Wildman–Crippen MR) is 76.2 cm³/mol. The minimum absolute atomic E-state index is 0.155. The van der Waals surface area contributed by atoms with Crippen LogP contribution in [0.4, 0.5) is 4.39 Å². The molecular formula is C15H17FN4O2. The summed E-state index contributed by atoms with van der Waals surface area (Å²) in [6.45, 7) is 0.370. The molecular weight excluding hydrogens is 287 g/mol. The normalized spacial score (nSPS) is 18.5. The van der Waals surface area contributed by atoms with Crippen molar-refractivity contribution >= 4 is 5.91 Å². The number of aliphatic hydroxyl groups excluding tert-OH is 1. The fraction of sp³-hybridized carbons (Fsp3) is 0.400. The van der Waals surface area contributed by atoms with Crippen molar-refractivity contribution in [2.45, 2.75) is 25.4 Å². The topological polar surface area (TPSA) is 80.0 Å². The van der Waals surface area contributed by atoms with Gasteiger partial charge in [0.05, 0.1) is 12.6 Å². The fourth-order valence-corrected chi connectivity index (χ4v) is 2.70. The molecule has 0 bridgehead atoms. The average Bonchev–Trinajstić information content (AvgIpc) is 2.99. The smallest absolute Gasteiger partial charge is 0.224 e. The highest BCUT2D eigenvalue weighted by atomic mass is 19.1. The molecule has 2 atom stereocenters. The molecule has 6 nitrogen and oxygen atoms in total. The average molecular weight is 304 g/mol. The van der Waals surface area contributed by atoms with E-state index in [2.05, 4.69) is 15.4 Å². The van der Waals surface area contributed by atoms with Crippen LogP contribution in [0.1, 0.15) is 23.9 Å². The maximum atomic E-state index is 13.3. The first kappa shape index (κ1) is 14.6. The van der Waals surface area contributed by atoms with Gasteiger partial charge in [0, 0.05) is 18.9 Å². The number of nitrogens with one attached hydrogen (secondary N) is 1. The number of hydrogen-bond acceptors (Lipinski definition) is 4. The number of benzene rings is 1. The minimum atomic E-state index is -0.608. The maximum Gasteiger partial charge on any atom is 0.224 e. The van der Waals surface area contributed by atoms with Crippen LogP contribution in [0.2, 0.25) is 0 Å². The predicted octanol–water partition coefficient (Wildman–Crippen LogP) is 0.829. The van der Waals surface area contributed by atoms with E-state index >= 15 is 0 Å². The zero-order chi connectivity index (χ0) is 15.5. The Bertz CT molecular complexity index is 673. The number of rotatable bonds is 4. The molecule has 3 rings (SSSR count). The Balaban J connectivity index is 1.68. The van der Waals surface area contributed by atoms with Crippen molar-refractivity contribution in [1.82, 2.24) is 20.1 Å². The molecule has 2 aromatic rings. The van der Waals surface area contributed by atoms with Gasteiger partial charge in [-0.2, -0.15) is 5.10 Å². The molecule has 1 aromatic heterocycles. The minimum Gasteiger partial charge on any atom is -0.394 e. The van der Waals surface area contributed by atoms with Crippen molar-refractivity contribution < 1.29 is 14.3 Å². The molecule has 1 aliphatic rings. The lowest BCUT2D eigenvalue weighted by Crippen LogP contribution is -2.38. The molecule has 22 heavy (non-hydrogen) atoms. The first-order valence-electron chi connectivity index (χ1n) is 7.20. The second-order valence-electron chi connectivity index (χ2n) is 5.39. The number of aromatic nitrogens is 3. The van der Waals surface area contributed by atoms with Crippen LogP contribution in [0.3, 0.4) is 0 Å². The Hall–Kier alpha value is -2.28. The second-order valence-corrected chi connectivity index (χ2v) is 5.39. The lowest BCUT2D eigenvalue weighted by Gasteiger charge is -2.24. The van der Waals surface area contributed by atoms with Crippen molar-refractivity contribution in [3.8, 4) is 0 Å². The summed E-state index contributed by atoms with van der Waals surface area (Å²) in [6.07, 6.45) is 2.68. The van der Waals surface area contributed by atoms with Crippen molar-refractivity contribution in [2.24, 2.45) is 5.92 Å². The Morgan fingerprint density at radius 3 is 3.18 bits per heavy atom. The van der Waals surface area contributed by atoms with Crippen LogP contribution in [-0.4, -0.2) is 32.4 Å². The molecule has 7 heteroatoms. The number of aliphatic hydroxyl groups is 1. The van der Waals surface area contributed by atoms with Gasteiger partial charge in [0.25, 0.3) is 0 Å². The number of amides is 1. The molecule has 2 heterocycles. The highest BCUT2D eigenvalue weighted by Gasteiger charge is 2.27. The van der Waals surface area contributed by atoms with Gasteiger partial charge in [0.2, 0.25) is 5.91 Å². The van der Waals surface area contributed by atoms with Crippen LogP contribution in [0.5, 0.6) is 0 Å². The summed E-state index contributed by atoms with van der Waals surface area (Å²) in [7, 11) is 0. The Morgan fingerprint density at radius 2 is 2.41 bits per heavy atom. The number of hydrogen-bond donors (Lipinski definition) is 2. The van der Waals surface area contributed by atoms with E-state index in [9.17, 15) is 14.3 Å². The van der Waals surface area contributed by atoms with Gasteiger partial charge in [-0.3, -0.25) is 9.48 Å². The van der Waals surface area contributed by atoms with E-state index in [-0.39, 0.29) is 18.4 Å². The van der Waals surface area contributed by atoms with E-state index in [1.54, 1.807) is 16.8 Å². The van der Waals surface area contributed by atoms with Gasteiger partial charge in [-0.1, -0.05) is 12.1 Å². The quantitative estimate of drug-likeness (QED) is 0.877. The van der Waals surface area contributed by atoms with Gasteiger partial charge >= 0.3 is 0 Å². The molecule has 0 radical (unpaired) electrons. The summed E-state index contributed by atoms with van der Waals surface area (Å²) >= 11 is 0. The van der Waals surface area contributed by atoms with Crippen LogP contribution in [0.25, 0.3) is 0 Å². The third-order valence-corrected chi connectivity index (χ3v) is 3.93. The number of halogens is 1. The van der Waals surface area contributed by atoms with Crippen molar-refractivity contribution in [2.75, 3.05) is 6.61 Å². The molecule has 116 valence electrons. The second kappa shape index (κ2) is 6.23. The number of aryl methyl sites for hydroxylation is 1. The SMILES string of the molecule is O=C(NC(CO)c1cccc(F)c1)C1CCn2ncnc2C1. The van der Waals surface area contributed by atoms with Crippen LogP contribution in [0, 0.1) is 11.7 Å². The van der Waals surface area contributed by atoms with Crippen LogP contribution in [-0.2, 0) is 17.8 Å². The molecule has 0 saturated carbocycles. The Morgan fingerprint density at radius 1 is 1.55 bits per heavy atom. The zero-order valence-electron chi connectivity index (χ0n) is 11.9. The molecule has 0 aliphatic carbocycles. The standard InChI is InChI=1S/C15H17FN4O2/c16-12-3-1-2-10(6-12)13(8-21)19-15(22)11-4-5-20-14(7-11)17-9-18-20/h1-3,6,9,11,13,21H,4-5,7-8H2,(H,19,22). The highest BCUT2D eigenvalue weighted by Crippen LogP contribution is 2.20. The third-order valence-electron chi connectivity index (χ3n) is 3.93. The largest absolute Gasteiger partial charge is 0.394 e. The fourth-order valence-electron chi connectivity index (χ4n) is 2.70. The maximum absolute atomic E-state index is 13.3. The summed E-state index contributed by atoms with van der Waals surface area (Å²) in [4.78, 5) is 16.5. The zero-order valence-corrected chi connectivity index (χ0v) is 11.9. The van der Waals surface area contributed by atoms with Gasteiger partial charge in [0.15, 0.2) is 0 Å². The monoisotopic (exact) mass is 304 g/mol. The molecule has 0 saturated heterocycles. The third kappa shape index (κ3) is 2.99. The molecule has 1 aromatic carbocycles. The van der Waals surface area contributed by atoms with Gasteiger partial charge in [-0.15, -0.1) is 0 Å². The van der Waals surface area contributed by atoms with Crippen molar-refractivity contribution in [1.29, 1.82) is 0 Å². The first-order valence-corrected chi connectivity index (χ1v) is 7.20. The van der Waals surface area contributed by atoms with E-state index in [4.69, 9.17) is 0 Å². The van der Waals surface area contributed by atoms with Gasteiger partial charge in [0.1, 0.15) is 18.0 Å². The van der Waals surface area contributed by atoms with Crippen molar-refractivity contribution in [3.63, 3.8) is 0 Å². The Labute approximate surface area is 127 Å². The highest BCUT2D eigenvalue weighted by molar-refractivity contribution is 5.79. The van der Waals surface area contributed by atoms with Crippen LogP contribution < -0.4 is 5.32 Å². The summed E-state index contributed by atoms with van der Waals surface area (Å²) < 4.78 is 15.1. The molecule has 1 amide bonds. The van der Waals surface area contributed by atoms with Gasteiger partial charge in [-0.05, 0) is 24.1 Å². The van der Waals surface area contributed by atoms with E-state index in [0.29, 0.717) is 24.9 Å². The van der Waals surface area contributed by atoms with Gasteiger partial charge < -0.3 is 10.4 Å². The first-order chi connectivity index (χ1) is 10.7. The Kier molecular flexibility index (Phi) is 4.15. The van der Waals surface area contributed by atoms with E-state index in [1.165, 1.54) is 18.5 Å². The summed E-state index contributed by atoms with van der Waals surface area (Å²) in [5, 5.41) is 16.3. The summed E-state index contributed by atoms with van der Waals surface area (Å²) in [5.74, 6) is 0.0329. The van der Waals surface area contributed by atoms with Crippen molar-refractivity contribution in [3.05, 3.63) is 47.8 Å². The molecule has 2 unspecified atom stereocenters. The number of carbonyl (C=O) groups excluding carboxylic acids is 1.